The number of carbonyl (C=O) groups is 1. The van der Waals surface area contributed by atoms with Crippen molar-refractivity contribution in [1.82, 2.24) is 0 Å². The molecule has 0 amide bonds. The highest BCUT2D eigenvalue weighted by Crippen LogP contribution is 2.28. The fourth-order valence-corrected chi connectivity index (χ4v) is 3.26. The number of terminal acetylenes is 1. The minimum Gasteiger partial charge on any atom is -0.317 e. The van der Waals surface area contributed by atoms with Gasteiger partial charge in [-0.15, -0.1) is 6.42 Å². The minimum atomic E-state index is -0.117. The molecule has 1 N–H and O–H groups in total. The molecule has 2 heteroatoms. The van der Waals surface area contributed by atoms with Gasteiger partial charge in [-0.2, -0.15) is 0 Å². The van der Waals surface area contributed by atoms with Crippen LogP contribution in [0, 0.1) is 18.3 Å². The summed E-state index contributed by atoms with van der Waals surface area (Å²) in [6.07, 6.45) is 9.79. The summed E-state index contributed by atoms with van der Waals surface area (Å²) in [4.78, 5) is 13.2. The Morgan fingerprint density at radius 2 is 2.20 bits per heavy atom. The van der Waals surface area contributed by atoms with Gasteiger partial charge in [-0.3, -0.25) is 4.79 Å². The zero-order chi connectivity index (χ0) is 11.1. The molecule has 82 valence electrons. The minimum absolute atomic E-state index is 0.117. The van der Waals surface area contributed by atoms with E-state index in [2.05, 4.69) is 19.8 Å². The first-order chi connectivity index (χ1) is 7.06. The van der Waals surface area contributed by atoms with Crippen LogP contribution in [0.15, 0.2) is 0 Å². The van der Waals surface area contributed by atoms with Crippen molar-refractivity contribution < 1.29 is 9.69 Å². The molecular weight excluding hydrogens is 186 g/mol. The third-order valence-corrected chi connectivity index (χ3v) is 4.18. The lowest BCUT2D eigenvalue weighted by molar-refractivity contribution is -0.966. The molecule has 15 heavy (non-hydrogen) atoms. The summed E-state index contributed by atoms with van der Waals surface area (Å²) >= 11 is 0. The van der Waals surface area contributed by atoms with E-state index in [1.165, 1.54) is 17.7 Å². The van der Waals surface area contributed by atoms with Crippen molar-refractivity contribution in [3.8, 4) is 12.3 Å². The van der Waals surface area contributed by atoms with E-state index in [0.717, 1.165) is 19.4 Å². The van der Waals surface area contributed by atoms with Crippen molar-refractivity contribution in [3.05, 3.63) is 0 Å². The number of hydrogen-bond acceptors (Lipinski definition) is 1. The van der Waals surface area contributed by atoms with E-state index in [1.807, 2.05) is 0 Å². The quantitative estimate of drug-likeness (QED) is 0.617. The normalized spacial score (nSPS) is 36.1. The van der Waals surface area contributed by atoms with Crippen molar-refractivity contribution in [3.63, 3.8) is 0 Å². The van der Waals surface area contributed by atoms with Crippen molar-refractivity contribution in [2.75, 3.05) is 6.54 Å². The Bertz CT molecular complexity index is 313. The van der Waals surface area contributed by atoms with Crippen molar-refractivity contribution in [1.29, 1.82) is 0 Å². The molecule has 1 saturated carbocycles. The molecule has 0 radical (unpaired) electrons. The number of fused-ring (bicyclic) bond motifs is 1. The van der Waals surface area contributed by atoms with E-state index in [4.69, 9.17) is 6.42 Å². The van der Waals surface area contributed by atoms with Crippen LogP contribution in [0.25, 0.3) is 0 Å². The van der Waals surface area contributed by atoms with Crippen LogP contribution in [0.2, 0.25) is 0 Å². The van der Waals surface area contributed by atoms with Crippen LogP contribution in [0.4, 0.5) is 0 Å². The van der Waals surface area contributed by atoms with Crippen molar-refractivity contribution in [2.24, 2.45) is 5.92 Å². The van der Waals surface area contributed by atoms with Gasteiger partial charge in [-0.05, 0) is 18.8 Å². The van der Waals surface area contributed by atoms with Gasteiger partial charge in [0.15, 0.2) is 5.54 Å². The molecule has 0 aromatic rings. The zero-order valence-electron chi connectivity index (χ0n) is 9.68. The number of ketones is 1. The van der Waals surface area contributed by atoms with Gasteiger partial charge < -0.3 is 4.90 Å². The maximum Gasteiger partial charge on any atom is 0.153 e. The molecule has 1 unspecified atom stereocenters. The monoisotopic (exact) mass is 206 g/mol. The van der Waals surface area contributed by atoms with Gasteiger partial charge in [0.25, 0.3) is 0 Å². The van der Waals surface area contributed by atoms with Crippen LogP contribution in [-0.2, 0) is 4.79 Å². The Kier molecular flexibility index (Phi) is 2.60. The van der Waals surface area contributed by atoms with E-state index >= 15 is 0 Å². The predicted molar refractivity (Wildman–Crippen MR) is 59.5 cm³/mol. The third kappa shape index (κ3) is 1.70. The van der Waals surface area contributed by atoms with Crippen LogP contribution in [0.3, 0.4) is 0 Å². The first-order valence-electron chi connectivity index (χ1n) is 5.93. The smallest absolute Gasteiger partial charge is 0.153 e. The summed E-state index contributed by atoms with van der Waals surface area (Å²) < 4.78 is 0. The highest BCUT2D eigenvalue weighted by Gasteiger charge is 2.48. The van der Waals surface area contributed by atoms with E-state index in [0.29, 0.717) is 17.7 Å². The Balaban J connectivity index is 2.22. The Labute approximate surface area is 92.0 Å². The van der Waals surface area contributed by atoms with Crippen LogP contribution in [-0.4, -0.2) is 23.9 Å². The molecule has 1 aliphatic carbocycles. The zero-order valence-corrected chi connectivity index (χ0v) is 9.68. The number of hydrogen-bond donors (Lipinski definition) is 1. The average molecular weight is 206 g/mol. The number of carbonyl (C=O) groups excluding carboxylic acids is 1. The predicted octanol–water partition coefficient (Wildman–Crippen LogP) is 0.425. The molecule has 3 atom stereocenters. The third-order valence-electron chi connectivity index (χ3n) is 4.18. The molecule has 0 bridgehead atoms. The molecule has 0 aromatic heterocycles. The number of piperidine rings is 1. The average Bonchev–Trinajstić information content (AvgIpc) is 2.67. The second kappa shape index (κ2) is 3.64. The molecular formula is C13H20NO+. The number of Topliss-reactive ketones (excluding diaryl/α,β-unsaturated/α-hetero) is 1. The van der Waals surface area contributed by atoms with Crippen LogP contribution < -0.4 is 4.90 Å². The van der Waals surface area contributed by atoms with Gasteiger partial charge in [-0.1, -0.05) is 0 Å². The van der Waals surface area contributed by atoms with Crippen LogP contribution >= 0.6 is 0 Å². The molecule has 2 rings (SSSR count). The molecule has 1 aliphatic heterocycles. The molecule has 2 aliphatic rings. The van der Waals surface area contributed by atoms with Crippen molar-refractivity contribution >= 4 is 5.78 Å². The summed E-state index contributed by atoms with van der Waals surface area (Å²) in [5.41, 5.74) is -0.117. The Morgan fingerprint density at radius 1 is 1.47 bits per heavy atom. The first-order valence-corrected chi connectivity index (χ1v) is 5.93. The second-order valence-corrected chi connectivity index (χ2v) is 5.40. The van der Waals surface area contributed by atoms with Crippen molar-refractivity contribution in [2.45, 2.75) is 51.1 Å². The first kappa shape index (κ1) is 10.7. The highest BCUT2D eigenvalue weighted by atomic mass is 16.1. The lowest BCUT2D eigenvalue weighted by atomic mass is 9.86. The molecule has 2 fully saturated rings. The van der Waals surface area contributed by atoms with E-state index < -0.39 is 0 Å². The Morgan fingerprint density at radius 3 is 2.87 bits per heavy atom. The maximum absolute atomic E-state index is 11.8. The number of rotatable bonds is 1. The van der Waals surface area contributed by atoms with Gasteiger partial charge in [0, 0.05) is 20.3 Å². The largest absolute Gasteiger partial charge is 0.317 e. The summed E-state index contributed by atoms with van der Waals surface area (Å²) in [5, 5.41) is 0. The van der Waals surface area contributed by atoms with Gasteiger partial charge in [0.1, 0.15) is 5.78 Å². The number of likely N-dealkylation sites (tertiary alicyclic amines) is 1. The fraction of sp³-hybridized carbons (Fsp3) is 0.769. The molecule has 1 saturated heterocycles. The van der Waals surface area contributed by atoms with Crippen LogP contribution in [0.5, 0.6) is 0 Å². The number of quaternary nitrogens is 1. The fourth-order valence-electron chi connectivity index (χ4n) is 3.26. The van der Waals surface area contributed by atoms with Gasteiger partial charge in [-0.25, -0.2) is 0 Å². The standard InChI is InChI=1S/C13H19NO/c1-4-13(2,3)14-9-8-12(15)10-6-5-7-11(10)14/h1,10-11H,5-9H2,2-3H3/p+1/t10-,11-/m0/s1. The molecule has 0 aromatic carbocycles. The SMILES string of the molecule is C#CC(C)(C)[NH+]1CCC(=O)[C@H]2CCC[C@@H]21. The van der Waals surface area contributed by atoms with E-state index in [9.17, 15) is 4.79 Å². The van der Waals surface area contributed by atoms with Gasteiger partial charge in [0.05, 0.1) is 24.9 Å². The summed E-state index contributed by atoms with van der Waals surface area (Å²) in [6.45, 7) is 5.16. The lowest BCUT2D eigenvalue weighted by Crippen LogP contribution is -3.24. The molecule has 0 spiro atoms. The molecule has 2 nitrogen and oxygen atoms in total. The van der Waals surface area contributed by atoms with Gasteiger partial charge in [0.2, 0.25) is 0 Å². The van der Waals surface area contributed by atoms with E-state index in [-0.39, 0.29) is 5.54 Å². The summed E-state index contributed by atoms with van der Waals surface area (Å²) in [7, 11) is 0. The van der Waals surface area contributed by atoms with Gasteiger partial charge >= 0.3 is 0 Å². The van der Waals surface area contributed by atoms with Crippen LogP contribution in [0.1, 0.15) is 39.5 Å². The topological polar surface area (TPSA) is 21.5 Å². The summed E-state index contributed by atoms with van der Waals surface area (Å²) in [6, 6.07) is 0.497. The maximum atomic E-state index is 11.8. The Hall–Kier alpha value is -0.810. The second-order valence-electron chi connectivity index (χ2n) is 5.40. The highest BCUT2D eigenvalue weighted by molar-refractivity contribution is 5.82. The molecule has 1 heterocycles. The van der Waals surface area contributed by atoms with E-state index in [1.54, 1.807) is 0 Å². The lowest BCUT2D eigenvalue weighted by Gasteiger charge is -2.41. The number of nitrogens with one attached hydrogen (secondary N) is 1. The summed E-state index contributed by atoms with van der Waals surface area (Å²) in [5.74, 6) is 3.68.